The quantitative estimate of drug-likeness (QED) is 0.623. The van der Waals surface area contributed by atoms with E-state index >= 15 is 0 Å². The van der Waals surface area contributed by atoms with E-state index in [9.17, 15) is 4.79 Å². The van der Waals surface area contributed by atoms with Gasteiger partial charge in [-0.3, -0.25) is 9.78 Å². The molecular formula is C20H19N3OS2. The Morgan fingerprint density at radius 2 is 2.00 bits per heavy atom. The van der Waals surface area contributed by atoms with Gasteiger partial charge in [0, 0.05) is 22.9 Å². The number of thiazole rings is 1. The molecule has 0 radical (unpaired) electrons. The number of hydrogen-bond acceptors (Lipinski definition) is 5. The lowest BCUT2D eigenvalue weighted by Crippen LogP contribution is -2.32. The zero-order valence-electron chi connectivity index (χ0n) is 14.7. The minimum absolute atomic E-state index is 0.0318. The number of anilines is 1. The molecule has 4 nitrogen and oxygen atoms in total. The fourth-order valence-corrected chi connectivity index (χ4v) is 5.12. The van der Waals surface area contributed by atoms with Gasteiger partial charge >= 0.3 is 0 Å². The van der Waals surface area contributed by atoms with Gasteiger partial charge in [-0.15, -0.1) is 23.1 Å². The summed E-state index contributed by atoms with van der Waals surface area (Å²) in [6.07, 6.45) is 2.72. The van der Waals surface area contributed by atoms with Crippen LogP contribution in [0.3, 0.4) is 0 Å². The molecule has 6 heteroatoms. The second-order valence-corrected chi connectivity index (χ2v) is 8.77. The van der Waals surface area contributed by atoms with Crippen molar-refractivity contribution in [1.82, 2.24) is 9.97 Å². The number of benzene rings is 1. The van der Waals surface area contributed by atoms with Crippen LogP contribution in [0.15, 0.2) is 53.6 Å². The van der Waals surface area contributed by atoms with Gasteiger partial charge in [-0.25, -0.2) is 4.98 Å². The molecule has 26 heavy (non-hydrogen) atoms. The molecule has 1 aliphatic heterocycles. The second kappa shape index (κ2) is 7.21. The first-order chi connectivity index (χ1) is 12.6. The maximum Gasteiger partial charge on any atom is 0.270 e. The topological polar surface area (TPSA) is 46.1 Å². The van der Waals surface area contributed by atoms with Gasteiger partial charge in [-0.05, 0) is 37.6 Å². The van der Waals surface area contributed by atoms with Crippen molar-refractivity contribution in [3.05, 3.63) is 59.2 Å². The van der Waals surface area contributed by atoms with Crippen molar-refractivity contribution in [2.24, 2.45) is 0 Å². The highest BCUT2D eigenvalue weighted by Crippen LogP contribution is 2.38. The third-order valence-electron chi connectivity index (χ3n) is 4.36. The lowest BCUT2D eigenvalue weighted by Gasteiger charge is -2.22. The number of nitrogens with zero attached hydrogens (tertiary/aromatic N) is 3. The lowest BCUT2D eigenvalue weighted by atomic mass is 10.2. The maximum atomic E-state index is 13.4. The Morgan fingerprint density at radius 3 is 2.81 bits per heavy atom. The minimum Gasteiger partial charge on any atom is -0.306 e. The molecule has 132 valence electrons. The smallest absolute Gasteiger partial charge is 0.270 e. The molecule has 2 aromatic heterocycles. The first-order valence-corrected chi connectivity index (χ1v) is 10.3. The first kappa shape index (κ1) is 17.2. The van der Waals surface area contributed by atoms with Gasteiger partial charge in [0.05, 0.1) is 17.1 Å². The Morgan fingerprint density at radius 1 is 1.19 bits per heavy atom. The number of thioether (sulfide) groups is 1. The van der Waals surface area contributed by atoms with E-state index in [-0.39, 0.29) is 5.91 Å². The number of hydrogen-bond donors (Lipinski definition) is 0. The fourth-order valence-electron chi connectivity index (χ4n) is 3.01. The van der Waals surface area contributed by atoms with Crippen molar-refractivity contribution in [2.75, 3.05) is 11.4 Å². The van der Waals surface area contributed by atoms with E-state index in [0.717, 1.165) is 39.9 Å². The van der Waals surface area contributed by atoms with Crippen LogP contribution >= 0.6 is 23.1 Å². The van der Waals surface area contributed by atoms with Gasteiger partial charge in [0.15, 0.2) is 0 Å². The molecule has 1 amide bonds. The summed E-state index contributed by atoms with van der Waals surface area (Å²) >= 11 is 3.26. The molecule has 4 rings (SSSR count). The number of rotatable bonds is 2. The van der Waals surface area contributed by atoms with Crippen LogP contribution in [0.5, 0.6) is 0 Å². The van der Waals surface area contributed by atoms with E-state index in [1.807, 2.05) is 60.0 Å². The maximum absolute atomic E-state index is 13.4. The SMILES string of the molecule is Cc1nc(-c2ccccn2)sc1C(=O)N1CCC(C)Sc2ccccc21. The molecule has 1 aliphatic rings. The van der Waals surface area contributed by atoms with E-state index in [0.29, 0.717) is 10.1 Å². The Hall–Kier alpha value is -2.18. The van der Waals surface area contributed by atoms with Gasteiger partial charge in [-0.1, -0.05) is 25.1 Å². The summed E-state index contributed by atoms with van der Waals surface area (Å²) in [7, 11) is 0. The van der Waals surface area contributed by atoms with E-state index in [4.69, 9.17) is 0 Å². The van der Waals surface area contributed by atoms with Crippen molar-refractivity contribution in [3.8, 4) is 10.7 Å². The minimum atomic E-state index is 0.0318. The summed E-state index contributed by atoms with van der Waals surface area (Å²) in [6.45, 7) is 4.84. The number of aromatic nitrogens is 2. The molecule has 0 N–H and O–H groups in total. The zero-order valence-corrected chi connectivity index (χ0v) is 16.3. The van der Waals surface area contributed by atoms with Crippen molar-refractivity contribution in [3.63, 3.8) is 0 Å². The van der Waals surface area contributed by atoms with Crippen LogP contribution in [0.4, 0.5) is 5.69 Å². The summed E-state index contributed by atoms with van der Waals surface area (Å²) in [5, 5.41) is 1.28. The normalized spacial score (nSPS) is 16.8. The molecule has 3 heterocycles. The third-order valence-corrected chi connectivity index (χ3v) is 6.77. The third kappa shape index (κ3) is 3.27. The van der Waals surface area contributed by atoms with Gasteiger partial charge in [0.25, 0.3) is 5.91 Å². The van der Waals surface area contributed by atoms with Crippen molar-refractivity contribution in [1.29, 1.82) is 0 Å². The van der Waals surface area contributed by atoms with Crippen molar-refractivity contribution >= 4 is 34.7 Å². The molecule has 0 bridgehead atoms. The Balaban J connectivity index is 1.71. The standard InChI is InChI=1S/C20H19N3OS2/c1-13-10-12-23(16-8-3-4-9-17(16)25-13)20(24)18-14(2)22-19(26-18)15-7-5-6-11-21-15/h3-9,11,13H,10,12H2,1-2H3. The van der Waals surface area contributed by atoms with Crippen LogP contribution in [0, 0.1) is 6.92 Å². The molecule has 0 spiro atoms. The fraction of sp³-hybridized carbons (Fsp3) is 0.250. The number of aryl methyl sites for hydroxylation is 1. The van der Waals surface area contributed by atoms with E-state index in [1.165, 1.54) is 11.3 Å². The van der Waals surface area contributed by atoms with Gasteiger partial charge in [0.2, 0.25) is 0 Å². The molecule has 3 aromatic rings. The molecule has 1 unspecified atom stereocenters. The number of carbonyl (C=O) groups is 1. The summed E-state index contributed by atoms with van der Waals surface area (Å²) in [5.41, 5.74) is 2.57. The number of fused-ring (bicyclic) bond motifs is 1. The van der Waals surface area contributed by atoms with Gasteiger partial charge in [0.1, 0.15) is 9.88 Å². The van der Waals surface area contributed by atoms with E-state index in [1.54, 1.807) is 6.20 Å². The number of para-hydroxylation sites is 1. The predicted octanol–water partition coefficient (Wildman–Crippen LogP) is 5.04. The number of pyridine rings is 1. The predicted molar refractivity (Wildman–Crippen MR) is 108 cm³/mol. The highest BCUT2D eigenvalue weighted by Gasteiger charge is 2.28. The van der Waals surface area contributed by atoms with Crippen LogP contribution in [-0.2, 0) is 0 Å². The molecule has 0 saturated carbocycles. The highest BCUT2D eigenvalue weighted by molar-refractivity contribution is 8.00. The van der Waals surface area contributed by atoms with Crippen molar-refractivity contribution in [2.45, 2.75) is 30.4 Å². The lowest BCUT2D eigenvalue weighted by molar-refractivity contribution is 0.0989. The Bertz CT molecular complexity index is 939. The first-order valence-electron chi connectivity index (χ1n) is 8.60. The van der Waals surface area contributed by atoms with Crippen LogP contribution in [0.2, 0.25) is 0 Å². The van der Waals surface area contributed by atoms with Crippen LogP contribution in [0.25, 0.3) is 10.7 Å². The largest absolute Gasteiger partial charge is 0.306 e. The number of carbonyl (C=O) groups excluding carboxylic acids is 1. The summed E-state index contributed by atoms with van der Waals surface area (Å²) in [6, 6.07) is 13.9. The van der Waals surface area contributed by atoms with Crippen LogP contribution in [-0.4, -0.2) is 27.7 Å². The highest BCUT2D eigenvalue weighted by atomic mass is 32.2. The van der Waals surface area contributed by atoms with Crippen LogP contribution < -0.4 is 4.90 Å². The van der Waals surface area contributed by atoms with E-state index in [2.05, 4.69) is 23.0 Å². The molecule has 1 atom stereocenters. The number of amides is 1. The molecule has 0 fully saturated rings. The van der Waals surface area contributed by atoms with Gasteiger partial charge in [-0.2, -0.15) is 0 Å². The van der Waals surface area contributed by atoms with Gasteiger partial charge < -0.3 is 4.90 Å². The van der Waals surface area contributed by atoms with Crippen LogP contribution in [0.1, 0.15) is 28.7 Å². The summed E-state index contributed by atoms with van der Waals surface area (Å²) in [4.78, 5) is 26.1. The second-order valence-electron chi connectivity index (χ2n) is 6.29. The molecule has 0 saturated heterocycles. The van der Waals surface area contributed by atoms with E-state index < -0.39 is 0 Å². The summed E-state index contributed by atoms with van der Waals surface area (Å²) in [5.74, 6) is 0.0318. The zero-order chi connectivity index (χ0) is 18.1. The Labute approximate surface area is 161 Å². The summed E-state index contributed by atoms with van der Waals surface area (Å²) < 4.78 is 0. The molecular weight excluding hydrogens is 362 g/mol. The Kier molecular flexibility index (Phi) is 4.78. The average Bonchev–Trinajstić information content (AvgIpc) is 2.96. The molecule has 0 aliphatic carbocycles. The average molecular weight is 382 g/mol. The molecule has 1 aromatic carbocycles. The van der Waals surface area contributed by atoms with Crippen molar-refractivity contribution < 1.29 is 4.79 Å². The monoisotopic (exact) mass is 381 g/mol.